The molecule has 10 aliphatic rings. The number of likely N-dealkylation sites (tertiary alicyclic amines) is 2. The summed E-state index contributed by atoms with van der Waals surface area (Å²) in [4.78, 5) is 70.7. The van der Waals surface area contributed by atoms with Gasteiger partial charge in [0.15, 0.2) is 0 Å². The number of ketones is 2. The monoisotopic (exact) mass is 881 g/mol. The van der Waals surface area contributed by atoms with Gasteiger partial charge in [0.25, 0.3) is 0 Å². The Balaban J connectivity index is 0.893. The van der Waals surface area contributed by atoms with Gasteiger partial charge in [-0.05, 0) is 174 Å². The molecule has 0 N–H and O–H groups in total. The topological polar surface area (TPSA) is 118 Å². The summed E-state index contributed by atoms with van der Waals surface area (Å²) in [6.07, 6.45) is 20.4. The molecule has 8 saturated carbocycles. The highest BCUT2D eigenvalue weighted by molar-refractivity contribution is 5.96. The number of hydrogen-bond acceptors (Lipinski definition) is 10. The van der Waals surface area contributed by atoms with Crippen LogP contribution in [0.25, 0.3) is 0 Å². The molecule has 2 saturated heterocycles. The number of oxime groups is 2. The predicted molar refractivity (Wildman–Crippen MR) is 248 cm³/mol. The maximum absolute atomic E-state index is 13.6. The van der Waals surface area contributed by atoms with E-state index in [2.05, 4.69) is 65.2 Å². The molecule has 14 atom stereocenters. The highest BCUT2D eigenvalue weighted by Crippen LogP contribution is 2.70. The van der Waals surface area contributed by atoms with Crippen LogP contribution in [-0.2, 0) is 28.9 Å². The number of fused-ring (bicyclic) bond motifs is 10. The van der Waals surface area contributed by atoms with E-state index in [-0.39, 0.29) is 32.5 Å². The smallest absolute Gasteiger partial charge is 0.314 e. The molecule has 352 valence electrons. The number of rotatable bonds is 6. The quantitative estimate of drug-likeness (QED) is 0.147. The van der Waals surface area contributed by atoms with Crippen LogP contribution in [0.3, 0.4) is 0 Å². The van der Waals surface area contributed by atoms with Crippen LogP contribution in [0, 0.1) is 79.8 Å². The molecule has 0 bridgehead atoms. The molecule has 0 spiro atoms. The normalized spacial score (nSPS) is 47.5. The molecular formula is C54H80N4O6. The fraction of sp³-hybridized carbons (Fsp3) is 0.852. The van der Waals surface area contributed by atoms with Crippen molar-refractivity contribution in [3.05, 3.63) is 12.2 Å². The number of carbonyl (C=O) groups is 4. The summed E-state index contributed by atoms with van der Waals surface area (Å²) in [6, 6.07) is 0.618. The van der Waals surface area contributed by atoms with Crippen molar-refractivity contribution < 1.29 is 28.9 Å². The standard InChI is InChI=1S/C54H80N4O6/c1-49(2)39-17-13-33-35-15-19-45(59)51(35,5)25-23-37(33)53(39,7)41(31-43(49)57-27-9-10-28-57)55-63-47(61)21-22-48(62)64-56-42-32-44(58-29-11-12-30-58)50(3,4)40-18-14-34-36-16-20-46(60)52(36,6)26-24-38(34)54(40,42)8/h21-22,33-40,43-44H,9-20,23-32H2,1-8H3/b22-21+,55-41-,56-42-/t33-,34-,35-,36-,37+,38+,39?,40?,43?,44?,51-,52-,53+,54+/m0/s1. The minimum absolute atomic E-state index is 0.0514. The van der Waals surface area contributed by atoms with Gasteiger partial charge in [0.1, 0.15) is 11.6 Å². The Bertz CT molecular complexity index is 1870. The maximum Gasteiger partial charge on any atom is 0.358 e. The van der Waals surface area contributed by atoms with E-state index in [0.717, 1.165) is 127 Å². The molecule has 0 radical (unpaired) electrons. The molecule has 64 heavy (non-hydrogen) atoms. The van der Waals surface area contributed by atoms with Crippen LogP contribution in [0.4, 0.5) is 0 Å². The van der Waals surface area contributed by atoms with E-state index in [1.165, 1.54) is 25.7 Å². The Morgan fingerprint density at radius 3 is 1.28 bits per heavy atom. The molecule has 0 amide bonds. The molecular weight excluding hydrogens is 801 g/mol. The first-order valence-electron chi connectivity index (χ1n) is 26.2. The lowest BCUT2D eigenvalue weighted by Gasteiger charge is -2.65. The minimum atomic E-state index is -0.684. The highest BCUT2D eigenvalue weighted by Gasteiger charge is 2.68. The average Bonchev–Trinajstić information content (AvgIpc) is 4.08. The molecule has 2 heterocycles. The number of hydrogen-bond donors (Lipinski definition) is 0. The molecule has 10 rings (SSSR count). The zero-order valence-corrected chi connectivity index (χ0v) is 40.7. The predicted octanol–water partition coefficient (Wildman–Crippen LogP) is 9.99. The van der Waals surface area contributed by atoms with Gasteiger partial charge in [-0.1, -0.05) is 65.7 Å². The van der Waals surface area contributed by atoms with Crippen LogP contribution < -0.4 is 0 Å². The van der Waals surface area contributed by atoms with Crippen molar-refractivity contribution in [1.82, 2.24) is 9.80 Å². The second kappa shape index (κ2) is 15.9. The summed E-state index contributed by atoms with van der Waals surface area (Å²) < 4.78 is 0. The fourth-order valence-electron chi connectivity index (χ4n) is 19.1. The van der Waals surface area contributed by atoms with Crippen LogP contribution in [0.5, 0.6) is 0 Å². The van der Waals surface area contributed by atoms with Crippen molar-refractivity contribution >= 4 is 34.9 Å². The second-order valence-corrected chi connectivity index (χ2v) is 25.2. The zero-order chi connectivity index (χ0) is 45.2. The first-order chi connectivity index (χ1) is 30.4. The summed E-state index contributed by atoms with van der Waals surface area (Å²) in [5, 5.41) is 9.67. The van der Waals surface area contributed by atoms with E-state index < -0.39 is 11.9 Å². The first-order valence-corrected chi connectivity index (χ1v) is 26.2. The molecule has 0 aromatic carbocycles. The highest BCUT2D eigenvalue weighted by atomic mass is 16.7. The molecule has 10 nitrogen and oxygen atoms in total. The van der Waals surface area contributed by atoms with Gasteiger partial charge in [0.2, 0.25) is 0 Å². The van der Waals surface area contributed by atoms with Gasteiger partial charge >= 0.3 is 11.9 Å². The summed E-state index contributed by atoms with van der Waals surface area (Å²) in [5.41, 5.74) is 1.13. The molecule has 0 aromatic rings. The lowest BCUT2D eigenvalue weighted by atomic mass is 9.40. The van der Waals surface area contributed by atoms with Gasteiger partial charge < -0.3 is 9.68 Å². The summed E-state index contributed by atoms with van der Waals surface area (Å²) in [7, 11) is 0. The summed E-state index contributed by atoms with van der Waals surface area (Å²) in [5.74, 6) is 2.80. The van der Waals surface area contributed by atoms with Crippen LogP contribution in [0.1, 0.15) is 171 Å². The molecule has 2 aliphatic heterocycles. The van der Waals surface area contributed by atoms with E-state index >= 15 is 0 Å². The van der Waals surface area contributed by atoms with Gasteiger partial charge in [-0.2, -0.15) is 0 Å². The van der Waals surface area contributed by atoms with Crippen molar-refractivity contribution in [3.63, 3.8) is 0 Å². The second-order valence-electron chi connectivity index (χ2n) is 25.2. The van der Waals surface area contributed by atoms with Gasteiger partial charge in [0.05, 0.1) is 11.4 Å². The van der Waals surface area contributed by atoms with Crippen molar-refractivity contribution in [2.45, 2.75) is 183 Å². The molecule has 0 aromatic heterocycles. The van der Waals surface area contributed by atoms with Crippen molar-refractivity contribution in [2.75, 3.05) is 26.2 Å². The van der Waals surface area contributed by atoms with Crippen LogP contribution in [0.15, 0.2) is 22.5 Å². The molecule has 10 fully saturated rings. The average molecular weight is 881 g/mol. The van der Waals surface area contributed by atoms with Crippen LogP contribution in [-0.4, -0.2) is 83.0 Å². The Morgan fingerprint density at radius 2 is 0.906 bits per heavy atom. The zero-order valence-electron chi connectivity index (χ0n) is 40.7. The molecule has 10 heteroatoms. The third-order valence-corrected chi connectivity index (χ3v) is 22.4. The van der Waals surface area contributed by atoms with Crippen molar-refractivity contribution in [1.29, 1.82) is 0 Å². The number of nitrogens with zero attached hydrogens (tertiary/aromatic N) is 4. The van der Waals surface area contributed by atoms with E-state index in [1.807, 2.05) is 0 Å². The van der Waals surface area contributed by atoms with Gasteiger partial charge in [-0.15, -0.1) is 0 Å². The Labute approximate surface area is 383 Å². The third kappa shape index (κ3) is 6.63. The first kappa shape index (κ1) is 45.1. The largest absolute Gasteiger partial charge is 0.358 e. The third-order valence-electron chi connectivity index (χ3n) is 22.4. The maximum atomic E-state index is 13.6. The van der Waals surface area contributed by atoms with E-state index in [1.54, 1.807) is 0 Å². The van der Waals surface area contributed by atoms with Gasteiger partial charge in [0, 0.05) is 71.6 Å². The fourth-order valence-corrected chi connectivity index (χ4v) is 19.1. The van der Waals surface area contributed by atoms with E-state index in [0.29, 0.717) is 83.8 Å². The SMILES string of the molecule is CC1(C)C(N2CCCC2)C/C(=N/OC(=O)/C=C/C(=O)O/N=C2/CC(N3CCCC3)C(C)(C)C3CC[C@@H]4[C@@H](CC[C@]5(C)C(=O)CC[C@@H]45)[C@@]23C)[C@@]2(C)C1CC[C@@H]1[C@H]2CC[C@]2(C)C(=O)CC[C@@H]12. The number of Topliss-reactive ketones (excluding diaryl/α,β-unsaturated/α-hetero) is 2. The van der Waals surface area contributed by atoms with Gasteiger partial charge in [-0.3, -0.25) is 19.4 Å². The van der Waals surface area contributed by atoms with E-state index in [9.17, 15) is 19.2 Å². The van der Waals surface area contributed by atoms with Gasteiger partial charge in [-0.25, -0.2) is 9.59 Å². The molecule has 8 aliphatic carbocycles. The van der Waals surface area contributed by atoms with Crippen LogP contribution in [0.2, 0.25) is 0 Å². The minimum Gasteiger partial charge on any atom is -0.314 e. The Morgan fingerprint density at radius 1 is 0.531 bits per heavy atom. The van der Waals surface area contributed by atoms with Crippen molar-refractivity contribution in [2.24, 2.45) is 90.1 Å². The summed E-state index contributed by atoms with van der Waals surface area (Å²) >= 11 is 0. The number of carbonyl (C=O) groups excluding carboxylic acids is 4. The summed E-state index contributed by atoms with van der Waals surface area (Å²) in [6.45, 7) is 23.6. The Hall–Kier alpha value is -2.72. The lowest BCUT2D eigenvalue weighted by molar-refractivity contribution is -0.143. The van der Waals surface area contributed by atoms with E-state index in [4.69, 9.17) is 20.0 Å². The lowest BCUT2D eigenvalue weighted by Crippen LogP contribution is -2.65. The van der Waals surface area contributed by atoms with Crippen molar-refractivity contribution in [3.8, 4) is 0 Å². The molecule has 4 unspecified atom stereocenters. The Kier molecular flexibility index (Phi) is 11.2. The van der Waals surface area contributed by atoms with Crippen LogP contribution >= 0.6 is 0 Å².